The Hall–Kier alpha value is -4.57. The van der Waals surface area contributed by atoms with E-state index in [0.717, 1.165) is 76.0 Å². The highest BCUT2D eigenvalue weighted by atomic mass is 19.1. The minimum Gasteiger partial charge on any atom is -0.508 e. The second-order valence-electron chi connectivity index (χ2n) is 16.8. The highest BCUT2D eigenvalue weighted by Gasteiger charge is 2.47. The average Bonchev–Trinajstić information content (AvgIpc) is 3.82. The van der Waals surface area contributed by atoms with Crippen LogP contribution >= 0.6 is 0 Å². The van der Waals surface area contributed by atoms with Crippen molar-refractivity contribution >= 4 is 34.1 Å². The molecule has 10 nitrogen and oxygen atoms in total. The van der Waals surface area contributed by atoms with Crippen molar-refractivity contribution in [2.45, 2.75) is 94.5 Å². The van der Waals surface area contributed by atoms with Crippen LogP contribution in [0.25, 0.3) is 22.4 Å². The predicted octanol–water partition coefficient (Wildman–Crippen LogP) is 6.38. The van der Waals surface area contributed by atoms with Gasteiger partial charge in [-0.1, -0.05) is 18.6 Å². The number of amides is 1. The number of aromatic hydroxyl groups is 1. The molecule has 0 unspecified atom stereocenters. The van der Waals surface area contributed by atoms with Crippen LogP contribution in [0.15, 0.2) is 36.9 Å². The Balaban J connectivity index is 1.10. The molecular formula is C45H54F2N6O4. The van der Waals surface area contributed by atoms with E-state index in [0.29, 0.717) is 72.8 Å². The largest absolute Gasteiger partial charge is 0.508 e. The highest BCUT2D eigenvalue weighted by molar-refractivity contribution is 6.02. The summed E-state index contributed by atoms with van der Waals surface area (Å²) < 4.78 is 42.6. The topological polar surface area (TPSA) is 94.5 Å². The maximum atomic E-state index is 15.4. The summed E-state index contributed by atoms with van der Waals surface area (Å²) in [5.74, 6) is 2.70. The van der Waals surface area contributed by atoms with E-state index < -0.39 is 17.5 Å². The van der Waals surface area contributed by atoms with E-state index in [2.05, 4.69) is 34.1 Å². The van der Waals surface area contributed by atoms with Gasteiger partial charge in [-0.3, -0.25) is 9.69 Å². The number of likely N-dealkylation sites (N-methyl/N-ethyl adjacent to an activating group) is 1. The lowest BCUT2D eigenvalue weighted by atomic mass is 9.87. The fourth-order valence-corrected chi connectivity index (χ4v) is 10.2. The molecular weight excluding hydrogens is 727 g/mol. The fraction of sp³-hybridized carbons (Fsp3) is 0.533. The lowest BCUT2D eigenvalue weighted by Crippen LogP contribution is -2.55. The van der Waals surface area contributed by atoms with Gasteiger partial charge in [0.2, 0.25) is 5.91 Å². The average molecular weight is 781 g/mol. The number of nitrogens with zero attached hydrogens (tertiary/aromatic N) is 6. The van der Waals surface area contributed by atoms with Gasteiger partial charge in [-0.05, 0) is 118 Å². The number of phenolic OH excluding ortho intramolecular Hbond substituents is 1. The number of hydrogen-bond donors (Lipinski definition) is 1. The Kier molecular flexibility index (Phi) is 11.3. The number of hydrogen-bond acceptors (Lipinski definition) is 9. The maximum absolute atomic E-state index is 15.4. The van der Waals surface area contributed by atoms with Gasteiger partial charge >= 0.3 is 6.01 Å². The van der Waals surface area contributed by atoms with Crippen LogP contribution < -0.4 is 9.64 Å². The van der Waals surface area contributed by atoms with Gasteiger partial charge in [-0.25, -0.2) is 8.78 Å². The molecule has 1 aromatic heterocycles. The molecule has 1 N–H and O–H groups in total. The van der Waals surface area contributed by atoms with Gasteiger partial charge in [0, 0.05) is 75.4 Å². The van der Waals surface area contributed by atoms with E-state index >= 15 is 8.78 Å². The summed E-state index contributed by atoms with van der Waals surface area (Å²) in [5.41, 5.74) is 2.67. The molecule has 0 saturated carbocycles. The highest BCUT2D eigenvalue weighted by Crippen LogP contribution is 2.41. The molecule has 302 valence electrons. The molecule has 1 aliphatic carbocycles. The lowest BCUT2D eigenvalue weighted by molar-refractivity contribution is -0.126. The second-order valence-corrected chi connectivity index (χ2v) is 16.8. The van der Waals surface area contributed by atoms with Crippen molar-refractivity contribution < 1.29 is 28.2 Å². The third-order valence-corrected chi connectivity index (χ3v) is 13.1. The normalized spacial score (nSPS) is 25.0. The molecule has 0 spiro atoms. The molecule has 0 bridgehead atoms. The van der Waals surface area contributed by atoms with Crippen molar-refractivity contribution in [1.29, 1.82) is 0 Å². The van der Waals surface area contributed by atoms with Crippen molar-refractivity contribution in [3.05, 3.63) is 65.1 Å². The number of fused-ring (bicyclic) bond motifs is 2. The third kappa shape index (κ3) is 7.86. The first-order valence-corrected chi connectivity index (χ1v) is 20.6. The Bertz CT molecular complexity index is 2090. The Morgan fingerprint density at radius 3 is 2.68 bits per heavy atom. The minimum absolute atomic E-state index is 0.00812. The van der Waals surface area contributed by atoms with Crippen LogP contribution in [0.3, 0.4) is 0 Å². The van der Waals surface area contributed by atoms with Gasteiger partial charge in [-0.2, -0.15) is 9.97 Å². The molecule has 5 heterocycles. The van der Waals surface area contributed by atoms with Gasteiger partial charge in [-0.15, -0.1) is 6.42 Å². The maximum Gasteiger partial charge on any atom is 0.318 e. The lowest BCUT2D eigenvalue weighted by Gasteiger charge is -2.45. The molecule has 8 rings (SSSR count). The van der Waals surface area contributed by atoms with Gasteiger partial charge in [0.05, 0.1) is 16.8 Å². The van der Waals surface area contributed by atoms with Crippen molar-refractivity contribution in [3.63, 3.8) is 0 Å². The van der Waals surface area contributed by atoms with Crippen LogP contribution in [0.2, 0.25) is 0 Å². The monoisotopic (exact) mass is 780 g/mol. The number of halogens is 2. The number of piperidine rings is 1. The Labute approximate surface area is 334 Å². The van der Waals surface area contributed by atoms with Crippen LogP contribution in [-0.2, 0) is 16.0 Å². The molecule has 4 saturated heterocycles. The number of carbonyl (C=O) groups is 1. The van der Waals surface area contributed by atoms with Crippen LogP contribution in [-0.4, -0.2) is 125 Å². The van der Waals surface area contributed by atoms with E-state index in [1.807, 2.05) is 18.0 Å². The molecule has 57 heavy (non-hydrogen) atoms. The zero-order valence-corrected chi connectivity index (χ0v) is 33.2. The fourth-order valence-electron chi connectivity index (χ4n) is 10.2. The van der Waals surface area contributed by atoms with E-state index in [9.17, 15) is 9.90 Å². The summed E-state index contributed by atoms with van der Waals surface area (Å²) in [6.07, 6.45) is 15.6. The molecule has 4 aliphatic heterocycles. The summed E-state index contributed by atoms with van der Waals surface area (Å²) >= 11 is 0. The van der Waals surface area contributed by atoms with Crippen LogP contribution in [0, 0.1) is 18.2 Å². The Morgan fingerprint density at radius 2 is 1.93 bits per heavy atom. The number of phenols is 1. The van der Waals surface area contributed by atoms with Crippen LogP contribution in [0.1, 0.15) is 80.7 Å². The van der Waals surface area contributed by atoms with Gasteiger partial charge in [0.25, 0.3) is 0 Å². The quantitative estimate of drug-likeness (QED) is 0.186. The molecule has 12 heteroatoms. The summed E-state index contributed by atoms with van der Waals surface area (Å²) in [7, 11) is 1.98. The van der Waals surface area contributed by atoms with Gasteiger partial charge in [0.15, 0.2) is 0 Å². The number of carbonyl (C=O) groups excluding carboxylic acids is 1. The van der Waals surface area contributed by atoms with E-state index in [-0.39, 0.29) is 41.9 Å². The zero-order chi connectivity index (χ0) is 39.8. The number of anilines is 1. The zero-order valence-electron chi connectivity index (χ0n) is 33.2. The first-order valence-electron chi connectivity index (χ1n) is 20.6. The van der Waals surface area contributed by atoms with E-state index in [4.69, 9.17) is 25.9 Å². The van der Waals surface area contributed by atoms with E-state index in [1.54, 1.807) is 18.2 Å². The first kappa shape index (κ1) is 39.3. The SMILES string of the molecule is C#Cc1c(F)ccc2cc(O)cc(C3=Cc4nc(OC[C@]5(C)C[C@@H](F)CN5C5CCN(C6CCOCC6)CC5)nc(N(C)C[C@@H]5CCCN5C(=O)C=C)c4CC3)c12. The molecule has 3 aromatic rings. The number of rotatable bonds is 10. The van der Waals surface area contributed by atoms with Crippen molar-refractivity contribution in [1.82, 2.24) is 24.7 Å². The number of likely N-dealkylation sites (tertiary alicyclic amines) is 3. The minimum atomic E-state index is -0.953. The smallest absolute Gasteiger partial charge is 0.318 e. The van der Waals surface area contributed by atoms with Gasteiger partial charge in [0.1, 0.15) is 30.2 Å². The number of aromatic nitrogens is 2. The van der Waals surface area contributed by atoms with Crippen LogP contribution in [0.4, 0.5) is 14.6 Å². The summed E-state index contributed by atoms with van der Waals surface area (Å²) in [5, 5.41) is 12.0. The molecule has 3 atom stereocenters. The van der Waals surface area contributed by atoms with Crippen molar-refractivity contribution in [2.24, 2.45) is 0 Å². The molecule has 5 aliphatic rings. The second kappa shape index (κ2) is 16.4. The summed E-state index contributed by atoms with van der Waals surface area (Å²) in [6.45, 7) is 11.3. The number of terminal acetylenes is 1. The first-order chi connectivity index (χ1) is 27.5. The number of allylic oxidation sites excluding steroid dienone is 1. The number of benzene rings is 2. The molecule has 1 amide bonds. The predicted molar refractivity (Wildman–Crippen MR) is 218 cm³/mol. The number of ether oxygens (including phenoxy) is 2. The molecule has 2 aromatic carbocycles. The van der Waals surface area contributed by atoms with Gasteiger partial charge < -0.3 is 29.3 Å². The summed E-state index contributed by atoms with van der Waals surface area (Å²) in [4.78, 5) is 31.6. The standard InChI is InChI=1S/C45H54F2N6O4/c1-5-36-39(47)12-10-30-22-35(54)24-38(42(30)36)29-9-11-37-40(23-29)48-44(49-43(37)50(4)27-34-8-7-17-52(34)41(55)6-2)57-28-45(3)25-31(46)26-53(45)33-13-18-51(19-14-33)32-15-20-56-21-16-32/h1,6,10,12,22-24,31-34,54H,2,7-9,11,13-21,25-28H2,3-4H3/t31-,34+,45+/m1/s1. The van der Waals surface area contributed by atoms with Crippen molar-refractivity contribution in [3.8, 4) is 24.1 Å². The molecule has 0 radical (unpaired) electrons. The van der Waals surface area contributed by atoms with E-state index in [1.165, 1.54) is 12.1 Å². The van der Waals surface area contributed by atoms with Crippen molar-refractivity contribution in [2.75, 3.05) is 64.5 Å². The third-order valence-electron chi connectivity index (χ3n) is 13.1. The Morgan fingerprint density at radius 1 is 1.14 bits per heavy atom. The summed E-state index contributed by atoms with van der Waals surface area (Å²) in [6, 6.07) is 7.18. The number of alkyl halides is 1. The van der Waals surface area contributed by atoms with Crippen LogP contribution in [0.5, 0.6) is 11.8 Å². The molecule has 4 fully saturated rings.